The fourth-order valence-corrected chi connectivity index (χ4v) is 2.43. The zero-order chi connectivity index (χ0) is 13.8. The summed E-state index contributed by atoms with van der Waals surface area (Å²) in [4.78, 5) is 16.1. The van der Waals surface area contributed by atoms with Gasteiger partial charge in [0.15, 0.2) is 5.78 Å². The molecule has 0 aliphatic heterocycles. The van der Waals surface area contributed by atoms with Crippen LogP contribution in [0, 0.1) is 11.6 Å². The Morgan fingerprint density at radius 3 is 2.74 bits per heavy atom. The fourth-order valence-electron chi connectivity index (χ4n) is 1.56. The molecule has 2 rings (SSSR count). The Balaban J connectivity index is 2.17. The number of pyridine rings is 1. The number of hydrogen-bond acceptors (Lipinski definition) is 3. The molecule has 0 unspecified atom stereocenters. The zero-order valence-corrected chi connectivity index (χ0v) is 11.0. The van der Waals surface area contributed by atoms with Crippen LogP contribution in [0.5, 0.6) is 0 Å². The van der Waals surface area contributed by atoms with Crippen LogP contribution in [0.25, 0.3) is 0 Å². The van der Waals surface area contributed by atoms with Crippen molar-refractivity contribution in [3.63, 3.8) is 0 Å². The third-order valence-electron chi connectivity index (χ3n) is 2.50. The highest BCUT2D eigenvalue weighted by atomic mass is 32.2. The van der Waals surface area contributed by atoms with E-state index in [-0.39, 0.29) is 5.56 Å². The highest BCUT2D eigenvalue weighted by molar-refractivity contribution is 8.00. The molecule has 0 aliphatic rings. The lowest BCUT2D eigenvalue weighted by molar-refractivity contribution is 0.0989. The Kier molecular flexibility index (Phi) is 4.27. The van der Waals surface area contributed by atoms with Gasteiger partial charge in [0.2, 0.25) is 0 Å². The smallest absolute Gasteiger partial charge is 0.178 e. The Morgan fingerprint density at radius 2 is 2.05 bits per heavy atom. The monoisotopic (exact) mass is 279 g/mol. The van der Waals surface area contributed by atoms with Crippen LogP contribution in [0.1, 0.15) is 17.3 Å². The molecule has 0 radical (unpaired) electrons. The largest absolute Gasteiger partial charge is 0.293 e. The number of Topliss-reactive ketones (excluding diaryl/α,β-unsaturated/α-hetero) is 1. The highest BCUT2D eigenvalue weighted by Crippen LogP contribution is 2.24. The minimum atomic E-state index is -0.708. The van der Waals surface area contributed by atoms with Crippen LogP contribution in [-0.4, -0.2) is 16.0 Å². The summed E-state index contributed by atoms with van der Waals surface area (Å²) < 4.78 is 26.6. The number of carbonyl (C=O) groups is 1. The number of ketones is 1. The molecular formula is C14H11F2NOS. The predicted molar refractivity (Wildman–Crippen MR) is 70.2 cm³/mol. The Labute approximate surface area is 113 Å². The lowest BCUT2D eigenvalue weighted by Crippen LogP contribution is -2.15. The molecule has 0 saturated carbocycles. The van der Waals surface area contributed by atoms with Gasteiger partial charge in [-0.15, -0.1) is 0 Å². The summed E-state index contributed by atoms with van der Waals surface area (Å²) in [5.74, 6) is -1.78. The van der Waals surface area contributed by atoms with E-state index in [1.54, 1.807) is 31.3 Å². The van der Waals surface area contributed by atoms with E-state index in [4.69, 9.17) is 0 Å². The van der Waals surface area contributed by atoms with E-state index < -0.39 is 22.7 Å². The third-order valence-corrected chi connectivity index (χ3v) is 3.55. The molecule has 0 amide bonds. The minimum Gasteiger partial charge on any atom is -0.293 e. The SMILES string of the molecule is C[C@@H](Sc1ccccn1)C(=O)c1cc(F)ccc1F. The van der Waals surface area contributed by atoms with Crippen LogP contribution in [-0.2, 0) is 0 Å². The number of carbonyl (C=O) groups excluding carboxylic acids is 1. The molecule has 1 aromatic heterocycles. The first kappa shape index (κ1) is 13.7. The van der Waals surface area contributed by atoms with E-state index in [9.17, 15) is 13.6 Å². The molecule has 98 valence electrons. The maximum atomic E-state index is 13.5. The van der Waals surface area contributed by atoms with Gasteiger partial charge >= 0.3 is 0 Å². The van der Waals surface area contributed by atoms with Crippen molar-refractivity contribution in [2.75, 3.05) is 0 Å². The summed E-state index contributed by atoms with van der Waals surface area (Å²) in [7, 11) is 0. The second-order valence-electron chi connectivity index (χ2n) is 3.92. The van der Waals surface area contributed by atoms with Crippen molar-refractivity contribution in [2.24, 2.45) is 0 Å². The van der Waals surface area contributed by atoms with Crippen molar-refractivity contribution < 1.29 is 13.6 Å². The maximum absolute atomic E-state index is 13.5. The van der Waals surface area contributed by atoms with Gasteiger partial charge in [0, 0.05) is 6.20 Å². The molecule has 0 saturated heterocycles. The first-order chi connectivity index (χ1) is 9.08. The molecule has 2 aromatic rings. The number of thioether (sulfide) groups is 1. The number of halogens is 2. The van der Waals surface area contributed by atoms with E-state index >= 15 is 0 Å². The minimum absolute atomic E-state index is 0.226. The fraction of sp³-hybridized carbons (Fsp3) is 0.143. The lowest BCUT2D eigenvalue weighted by Gasteiger charge is -2.10. The van der Waals surface area contributed by atoms with E-state index in [1.807, 2.05) is 0 Å². The number of benzene rings is 1. The normalized spacial score (nSPS) is 12.2. The van der Waals surface area contributed by atoms with E-state index in [0.717, 1.165) is 18.2 Å². The molecular weight excluding hydrogens is 268 g/mol. The predicted octanol–water partition coefficient (Wildman–Crippen LogP) is 3.72. The van der Waals surface area contributed by atoms with Crippen LogP contribution in [0.4, 0.5) is 8.78 Å². The van der Waals surface area contributed by atoms with Gasteiger partial charge in [-0.25, -0.2) is 13.8 Å². The Morgan fingerprint density at radius 1 is 1.26 bits per heavy atom. The van der Waals surface area contributed by atoms with Crippen LogP contribution < -0.4 is 0 Å². The molecule has 0 aliphatic carbocycles. The molecule has 2 nitrogen and oxygen atoms in total. The number of rotatable bonds is 4. The van der Waals surface area contributed by atoms with Crippen LogP contribution in [0.2, 0.25) is 0 Å². The molecule has 1 aromatic carbocycles. The summed E-state index contributed by atoms with van der Waals surface area (Å²) in [6, 6.07) is 8.20. The van der Waals surface area contributed by atoms with Gasteiger partial charge < -0.3 is 0 Å². The van der Waals surface area contributed by atoms with Crippen molar-refractivity contribution in [3.8, 4) is 0 Å². The summed E-state index contributed by atoms with van der Waals surface area (Å²) in [5.41, 5.74) is -0.226. The van der Waals surface area contributed by atoms with Crippen molar-refractivity contribution in [1.29, 1.82) is 0 Å². The second kappa shape index (κ2) is 5.93. The van der Waals surface area contributed by atoms with Gasteiger partial charge in [0.1, 0.15) is 11.6 Å². The molecule has 1 heterocycles. The van der Waals surface area contributed by atoms with Crippen molar-refractivity contribution in [1.82, 2.24) is 4.98 Å². The molecule has 1 atom stereocenters. The van der Waals surface area contributed by atoms with Crippen molar-refractivity contribution >= 4 is 17.5 Å². The van der Waals surface area contributed by atoms with Crippen LogP contribution in [0.3, 0.4) is 0 Å². The lowest BCUT2D eigenvalue weighted by atomic mass is 10.1. The quantitative estimate of drug-likeness (QED) is 0.631. The molecule has 5 heteroatoms. The van der Waals surface area contributed by atoms with Gasteiger partial charge in [-0.2, -0.15) is 0 Å². The summed E-state index contributed by atoms with van der Waals surface area (Å²) in [6.07, 6.45) is 1.61. The van der Waals surface area contributed by atoms with E-state index in [2.05, 4.69) is 4.98 Å². The number of nitrogens with zero attached hydrogens (tertiary/aromatic N) is 1. The van der Waals surface area contributed by atoms with Gasteiger partial charge in [0.05, 0.1) is 15.8 Å². The molecule has 0 N–H and O–H groups in total. The summed E-state index contributed by atoms with van der Waals surface area (Å²) in [5, 5.41) is 0.131. The second-order valence-corrected chi connectivity index (χ2v) is 5.28. The van der Waals surface area contributed by atoms with Gasteiger partial charge in [-0.1, -0.05) is 17.8 Å². The Hall–Kier alpha value is -1.75. The first-order valence-electron chi connectivity index (χ1n) is 5.65. The molecule has 0 fully saturated rings. The van der Waals surface area contributed by atoms with Crippen molar-refractivity contribution in [3.05, 3.63) is 59.8 Å². The summed E-state index contributed by atoms with van der Waals surface area (Å²) in [6.45, 7) is 1.64. The molecule has 0 bridgehead atoms. The average molecular weight is 279 g/mol. The van der Waals surface area contributed by atoms with Crippen LogP contribution >= 0.6 is 11.8 Å². The zero-order valence-electron chi connectivity index (χ0n) is 10.1. The third kappa shape index (κ3) is 3.38. The molecule has 19 heavy (non-hydrogen) atoms. The number of aromatic nitrogens is 1. The topological polar surface area (TPSA) is 30.0 Å². The Bertz CT molecular complexity index is 589. The summed E-state index contributed by atoms with van der Waals surface area (Å²) >= 11 is 1.21. The highest BCUT2D eigenvalue weighted by Gasteiger charge is 2.20. The number of hydrogen-bond donors (Lipinski definition) is 0. The molecule has 0 spiro atoms. The van der Waals surface area contributed by atoms with Crippen molar-refractivity contribution in [2.45, 2.75) is 17.2 Å². The van der Waals surface area contributed by atoms with E-state index in [1.165, 1.54) is 11.8 Å². The van der Waals surface area contributed by atoms with Gasteiger partial charge in [0.25, 0.3) is 0 Å². The van der Waals surface area contributed by atoms with Crippen LogP contribution in [0.15, 0.2) is 47.6 Å². The van der Waals surface area contributed by atoms with Gasteiger partial charge in [-0.05, 0) is 37.3 Å². The first-order valence-corrected chi connectivity index (χ1v) is 6.53. The van der Waals surface area contributed by atoms with E-state index in [0.29, 0.717) is 5.03 Å². The maximum Gasteiger partial charge on any atom is 0.178 e. The average Bonchev–Trinajstić information content (AvgIpc) is 2.42. The standard InChI is InChI=1S/C14H11F2NOS/c1-9(19-13-4-2-3-7-17-13)14(18)11-8-10(15)5-6-12(11)16/h2-9H,1H3/t9-/m1/s1. The van der Waals surface area contributed by atoms with Gasteiger partial charge in [-0.3, -0.25) is 4.79 Å².